The fraction of sp³-hybridized carbons (Fsp3) is 0.500. The number of anilines is 1. The number of nitrogen functional groups attached to an aromatic ring is 1. The van der Waals surface area contributed by atoms with Gasteiger partial charge in [-0.15, -0.1) is 0 Å². The van der Waals surface area contributed by atoms with Gasteiger partial charge in [-0.25, -0.2) is 14.4 Å². The van der Waals surface area contributed by atoms with E-state index in [0.717, 1.165) is 0 Å². The van der Waals surface area contributed by atoms with E-state index < -0.39 is 11.8 Å². The van der Waals surface area contributed by atoms with Gasteiger partial charge in [0.1, 0.15) is 11.6 Å². The molecule has 2 atom stereocenters. The van der Waals surface area contributed by atoms with Crippen molar-refractivity contribution in [2.45, 2.75) is 32.0 Å². The van der Waals surface area contributed by atoms with Gasteiger partial charge in [0.2, 0.25) is 11.5 Å². The summed E-state index contributed by atoms with van der Waals surface area (Å²) in [5, 5.41) is 3.76. The highest BCUT2D eigenvalue weighted by Crippen LogP contribution is 2.39. The molecule has 0 spiro atoms. The summed E-state index contributed by atoms with van der Waals surface area (Å²) in [6.07, 6.45) is 1.06. The van der Waals surface area contributed by atoms with Gasteiger partial charge in [0.25, 0.3) is 5.89 Å². The van der Waals surface area contributed by atoms with E-state index in [2.05, 4.69) is 20.1 Å². The van der Waals surface area contributed by atoms with Crippen LogP contribution in [0.5, 0.6) is 0 Å². The second-order valence-electron chi connectivity index (χ2n) is 4.76. The molecule has 3 rings (SSSR count). The first-order chi connectivity index (χ1) is 9.50. The van der Waals surface area contributed by atoms with Crippen LogP contribution in [0.1, 0.15) is 25.1 Å². The highest BCUT2D eigenvalue weighted by molar-refractivity contribution is 5.66. The molecule has 106 valence electrons. The molecule has 1 fully saturated rings. The fourth-order valence-electron chi connectivity index (χ4n) is 2.16. The van der Waals surface area contributed by atoms with Crippen LogP contribution in [0.25, 0.3) is 11.4 Å². The number of halogens is 1. The van der Waals surface area contributed by atoms with Gasteiger partial charge in [-0.1, -0.05) is 5.16 Å². The monoisotopic (exact) mass is 279 g/mol. The van der Waals surface area contributed by atoms with Crippen LogP contribution < -0.4 is 5.73 Å². The first kappa shape index (κ1) is 12.9. The molecule has 8 heteroatoms. The molecule has 0 aliphatic carbocycles. The molecule has 0 radical (unpaired) electrons. The maximum absolute atomic E-state index is 14.7. The van der Waals surface area contributed by atoms with Crippen molar-refractivity contribution >= 4 is 5.82 Å². The minimum Gasteiger partial charge on any atom is -0.383 e. The number of aromatic nitrogens is 4. The maximum atomic E-state index is 14.7. The molecule has 3 heterocycles. The molecule has 0 saturated carbocycles. The standard InChI is InChI=1S/C12H14FN5O2/c1-6-12(13,3-4-19-6)11-17-10(18-20-11)8-5-15-7(2)16-9(8)14/h5-6H,3-4H2,1-2H3,(H2,14,15,16). The van der Waals surface area contributed by atoms with Crippen molar-refractivity contribution in [3.8, 4) is 11.4 Å². The molecule has 1 saturated heterocycles. The third-order valence-corrected chi connectivity index (χ3v) is 3.44. The summed E-state index contributed by atoms with van der Waals surface area (Å²) in [4.78, 5) is 12.1. The largest absolute Gasteiger partial charge is 0.383 e. The molecule has 0 amide bonds. The minimum atomic E-state index is -1.76. The number of nitrogens with zero attached hydrogens (tertiary/aromatic N) is 4. The fourth-order valence-corrected chi connectivity index (χ4v) is 2.16. The summed E-state index contributed by atoms with van der Waals surface area (Å²) in [5.41, 5.74) is 4.44. The second kappa shape index (κ2) is 4.48. The van der Waals surface area contributed by atoms with Crippen molar-refractivity contribution < 1.29 is 13.7 Å². The first-order valence-corrected chi connectivity index (χ1v) is 6.25. The maximum Gasteiger partial charge on any atom is 0.267 e. The molecule has 2 aromatic heterocycles. The first-order valence-electron chi connectivity index (χ1n) is 6.25. The third kappa shape index (κ3) is 1.92. The van der Waals surface area contributed by atoms with E-state index in [1.807, 2.05) is 0 Å². The van der Waals surface area contributed by atoms with Gasteiger partial charge in [0.15, 0.2) is 0 Å². The zero-order valence-corrected chi connectivity index (χ0v) is 11.1. The van der Waals surface area contributed by atoms with E-state index in [1.165, 1.54) is 6.20 Å². The van der Waals surface area contributed by atoms with Gasteiger partial charge >= 0.3 is 0 Å². The Labute approximate surface area is 114 Å². The lowest BCUT2D eigenvalue weighted by Gasteiger charge is -2.17. The Kier molecular flexibility index (Phi) is 2.89. The van der Waals surface area contributed by atoms with Crippen LogP contribution in [0.3, 0.4) is 0 Å². The molecule has 2 unspecified atom stereocenters. The van der Waals surface area contributed by atoms with Gasteiger partial charge in [0, 0.05) is 12.6 Å². The number of rotatable bonds is 2. The van der Waals surface area contributed by atoms with Crippen molar-refractivity contribution in [3.63, 3.8) is 0 Å². The van der Waals surface area contributed by atoms with Crippen LogP contribution >= 0.6 is 0 Å². The Bertz CT molecular complexity index is 647. The number of aryl methyl sites for hydroxylation is 1. The second-order valence-corrected chi connectivity index (χ2v) is 4.76. The van der Waals surface area contributed by atoms with Crippen LogP contribution in [0.2, 0.25) is 0 Å². The van der Waals surface area contributed by atoms with Crippen LogP contribution in [0.15, 0.2) is 10.7 Å². The summed E-state index contributed by atoms with van der Waals surface area (Å²) in [6.45, 7) is 3.68. The summed E-state index contributed by atoms with van der Waals surface area (Å²) in [5.74, 6) is 0.842. The zero-order valence-electron chi connectivity index (χ0n) is 11.1. The highest BCUT2D eigenvalue weighted by atomic mass is 19.1. The molecular formula is C12H14FN5O2. The van der Waals surface area contributed by atoms with Gasteiger partial charge in [-0.05, 0) is 13.8 Å². The number of hydrogen-bond acceptors (Lipinski definition) is 7. The topological polar surface area (TPSA) is 100.0 Å². The molecule has 1 aliphatic heterocycles. The smallest absolute Gasteiger partial charge is 0.267 e. The van der Waals surface area contributed by atoms with Crippen LogP contribution in [-0.4, -0.2) is 32.8 Å². The minimum absolute atomic E-state index is 0.0996. The molecule has 7 nitrogen and oxygen atoms in total. The molecule has 0 aromatic carbocycles. The molecule has 0 bridgehead atoms. The Morgan fingerprint density at radius 2 is 2.25 bits per heavy atom. The number of ether oxygens (including phenoxy) is 1. The lowest BCUT2D eigenvalue weighted by atomic mass is 9.99. The summed E-state index contributed by atoms with van der Waals surface area (Å²) < 4.78 is 25.0. The van der Waals surface area contributed by atoms with E-state index in [-0.39, 0.29) is 24.0 Å². The Morgan fingerprint density at radius 1 is 1.45 bits per heavy atom. The van der Waals surface area contributed by atoms with Gasteiger partial charge in [-0.2, -0.15) is 4.98 Å². The average molecular weight is 279 g/mol. The molecule has 2 aromatic rings. The van der Waals surface area contributed by atoms with Crippen molar-refractivity contribution in [2.75, 3.05) is 12.3 Å². The third-order valence-electron chi connectivity index (χ3n) is 3.44. The van der Waals surface area contributed by atoms with Crippen LogP contribution in [0.4, 0.5) is 10.2 Å². The lowest BCUT2D eigenvalue weighted by Crippen LogP contribution is -2.28. The molecular weight excluding hydrogens is 265 g/mol. The predicted octanol–water partition coefficient (Wildman–Crippen LogP) is 1.39. The van der Waals surface area contributed by atoms with Crippen molar-refractivity contribution in [3.05, 3.63) is 17.9 Å². The van der Waals surface area contributed by atoms with E-state index in [1.54, 1.807) is 13.8 Å². The quantitative estimate of drug-likeness (QED) is 0.886. The summed E-state index contributed by atoms with van der Waals surface area (Å²) in [6, 6.07) is 0. The van der Waals surface area contributed by atoms with Gasteiger partial charge in [0.05, 0.1) is 18.3 Å². The normalized spacial score (nSPS) is 26.1. The Balaban J connectivity index is 1.98. The summed E-state index contributed by atoms with van der Waals surface area (Å²) in [7, 11) is 0. The zero-order chi connectivity index (χ0) is 14.3. The van der Waals surface area contributed by atoms with Gasteiger partial charge < -0.3 is 15.0 Å². The van der Waals surface area contributed by atoms with Crippen molar-refractivity contribution in [2.24, 2.45) is 0 Å². The van der Waals surface area contributed by atoms with E-state index in [0.29, 0.717) is 18.0 Å². The van der Waals surface area contributed by atoms with E-state index in [4.69, 9.17) is 15.0 Å². The van der Waals surface area contributed by atoms with Gasteiger partial charge in [-0.3, -0.25) is 0 Å². The van der Waals surface area contributed by atoms with Crippen molar-refractivity contribution in [1.82, 2.24) is 20.1 Å². The van der Waals surface area contributed by atoms with Crippen molar-refractivity contribution in [1.29, 1.82) is 0 Å². The molecule has 2 N–H and O–H groups in total. The lowest BCUT2D eigenvalue weighted by molar-refractivity contribution is 0.0135. The number of alkyl halides is 1. The molecule has 1 aliphatic rings. The van der Waals surface area contributed by atoms with Crippen LogP contribution in [0, 0.1) is 6.92 Å². The Hall–Kier alpha value is -2.09. The average Bonchev–Trinajstić information content (AvgIpc) is 2.99. The van der Waals surface area contributed by atoms with E-state index in [9.17, 15) is 4.39 Å². The Morgan fingerprint density at radius 3 is 2.90 bits per heavy atom. The predicted molar refractivity (Wildman–Crippen MR) is 67.3 cm³/mol. The van der Waals surface area contributed by atoms with E-state index >= 15 is 0 Å². The SMILES string of the molecule is Cc1ncc(-c2noc(C3(F)CCOC3C)n2)c(N)n1. The highest BCUT2D eigenvalue weighted by Gasteiger charge is 2.48. The number of hydrogen-bond donors (Lipinski definition) is 1. The molecule has 20 heavy (non-hydrogen) atoms. The number of nitrogens with two attached hydrogens (primary N) is 1. The van der Waals surface area contributed by atoms with Crippen LogP contribution in [-0.2, 0) is 10.4 Å². The summed E-state index contributed by atoms with van der Waals surface area (Å²) >= 11 is 0.